The molecule has 12 nitrogen and oxygen atoms in total. The molecule has 0 amide bonds. The van der Waals surface area contributed by atoms with Crippen LogP contribution in [0.1, 0.15) is 89.9 Å². The average Bonchev–Trinajstić information content (AvgIpc) is 2.74. The summed E-state index contributed by atoms with van der Waals surface area (Å²) >= 11 is 0. The molecule has 1 rings (SSSR count). The van der Waals surface area contributed by atoms with E-state index in [0.717, 1.165) is 38.5 Å². The van der Waals surface area contributed by atoms with Gasteiger partial charge in [-0.25, -0.2) is 0 Å². The van der Waals surface area contributed by atoms with Crippen molar-refractivity contribution in [2.75, 3.05) is 26.2 Å². The van der Waals surface area contributed by atoms with Gasteiger partial charge in [-0.15, -0.1) is 0 Å². The van der Waals surface area contributed by atoms with Gasteiger partial charge in [-0.2, -0.15) is 0 Å². The molecule has 0 unspecified atom stereocenters. The van der Waals surface area contributed by atoms with E-state index in [0.29, 0.717) is 25.7 Å². The maximum absolute atomic E-state index is 10.1. The van der Waals surface area contributed by atoms with Crippen molar-refractivity contribution >= 4 is 23.9 Å². The standard InChI is InChI=1S/2C9H16O4.C4H10N2.2H2O/c2*10-8(11)6-4-2-1-3-5-7-9(12)13;1-2-6-4-3-5-1;;/h2*1-7H2,(H,10,11)(H,12,13);5-6H,1-4H2;2*1H2. The highest BCUT2D eigenvalue weighted by atomic mass is 16.4. The minimum atomic E-state index is -1.01. The van der Waals surface area contributed by atoms with Gasteiger partial charge in [0, 0.05) is 24.8 Å². The lowest BCUT2D eigenvalue weighted by molar-refractivity contribution is -0.787. The van der Waals surface area contributed by atoms with Crippen LogP contribution in [-0.4, -0.2) is 71.2 Å². The smallest absolute Gasteiger partial charge is 0.303 e. The maximum Gasteiger partial charge on any atom is 0.303 e. The summed E-state index contributed by atoms with van der Waals surface area (Å²) in [5.74, 6) is -3.56. The number of aliphatic carboxylic acids is 4. The molecule has 0 atom stereocenters. The van der Waals surface area contributed by atoms with Crippen LogP contribution in [-0.2, 0) is 19.2 Å². The summed E-state index contributed by atoms with van der Waals surface area (Å²) in [5, 5.41) is 41.3. The fraction of sp³-hybridized carbons (Fsp3) is 0.818. The molecule has 1 saturated heterocycles. The van der Waals surface area contributed by atoms with E-state index < -0.39 is 23.9 Å². The van der Waals surface area contributed by atoms with Crippen LogP contribution in [0.2, 0.25) is 0 Å². The van der Waals surface area contributed by atoms with Gasteiger partial charge in [-0.05, 0) is 38.5 Å². The summed E-state index contributed by atoms with van der Waals surface area (Å²) < 4.78 is 0. The Morgan fingerprint density at radius 2 is 0.735 bits per heavy atom. The van der Waals surface area contributed by atoms with Gasteiger partial charge >= 0.3 is 11.9 Å². The molecule has 0 radical (unpaired) electrons. The van der Waals surface area contributed by atoms with E-state index >= 15 is 0 Å². The number of nitrogens with two attached hydrogens (primary N) is 2. The number of quaternary nitrogens is 2. The van der Waals surface area contributed by atoms with Gasteiger partial charge in [0.25, 0.3) is 0 Å². The molecule has 0 aromatic rings. The van der Waals surface area contributed by atoms with Crippen molar-refractivity contribution in [1.82, 2.24) is 0 Å². The second-order valence-corrected chi connectivity index (χ2v) is 7.80. The van der Waals surface area contributed by atoms with Crippen molar-refractivity contribution in [3.05, 3.63) is 0 Å². The summed E-state index contributed by atoms with van der Waals surface area (Å²) in [6.07, 6.45) is 8.48. The summed E-state index contributed by atoms with van der Waals surface area (Å²) in [4.78, 5) is 40.2. The predicted molar refractivity (Wildman–Crippen MR) is 120 cm³/mol. The number of piperazine rings is 1. The second kappa shape index (κ2) is 30.7. The van der Waals surface area contributed by atoms with Gasteiger partial charge in [0.05, 0.1) is 0 Å². The quantitative estimate of drug-likeness (QED) is 0.155. The molecular formula is C22H46N2O10. The normalized spacial score (nSPS) is 11.8. The minimum Gasteiger partial charge on any atom is -0.550 e. The predicted octanol–water partition coefficient (Wildman–Crippen LogP) is -3.42. The zero-order valence-electron chi connectivity index (χ0n) is 20.2. The van der Waals surface area contributed by atoms with Gasteiger partial charge in [0.2, 0.25) is 0 Å². The number of hydrogen-bond acceptors (Lipinski definition) is 6. The molecule has 0 bridgehead atoms. The zero-order valence-corrected chi connectivity index (χ0v) is 20.2. The van der Waals surface area contributed by atoms with Crippen molar-refractivity contribution < 1.29 is 61.2 Å². The average molecular weight is 499 g/mol. The largest absolute Gasteiger partial charge is 0.550 e. The van der Waals surface area contributed by atoms with Crippen LogP contribution in [0.4, 0.5) is 0 Å². The van der Waals surface area contributed by atoms with Crippen LogP contribution in [0.25, 0.3) is 0 Å². The molecule has 1 heterocycles. The Kier molecular flexibility index (Phi) is 35.2. The Labute approximate surface area is 201 Å². The maximum atomic E-state index is 10.1. The van der Waals surface area contributed by atoms with Crippen LogP contribution in [0.15, 0.2) is 0 Å². The molecule has 0 spiro atoms. The minimum absolute atomic E-state index is 0. The molecule has 12 heteroatoms. The van der Waals surface area contributed by atoms with Crippen molar-refractivity contribution in [2.45, 2.75) is 89.9 Å². The first-order valence-electron chi connectivity index (χ1n) is 11.7. The first-order chi connectivity index (χ1) is 15.3. The Hall–Kier alpha value is -2.28. The monoisotopic (exact) mass is 498 g/mol. The van der Waals surface area contributed by atoms with E-state index in [1.54, 1.807) is 0 Å². The lowest BCUT2D eigenvalue weighted by Crippen LogP contribution is -3.04. The second-order valence-electron chi connectivity index (χ2n) is 7.80. The van der Waals surface area contributed by atoms with Crippen LogP contribution < -0.4 is 20.8 Å². The molecule has 10 N–H and O–H groups in total. The number of carboxylic acid groups (broad SMARTS) is 4. The Bertz CT molecular complexity index is 415. The summed E-state index contributed by atoms with van der Waals surface area (Å²) in [6, 6.07) is 0. The molecular weight excluding hydrogens is 452 g/mol. The van der Waals surface area contributed by atoms with E-state index in [4.69, 9.17) is 10.2 Å². The van der Waals surface area contributed by atoms with Crippen LogP contribution >= 0.6 is 0 Å². The number of rotatable bonds is 16. The lowest BCUT2D eigenvalue weighted by atomic mass is 10.1. The van der Waals surface area contributed by atoms with E-state index in [2.05, 4.69) is 10.6 Å². The zero-order chi connectivity index (χ0) is 24.5. The molecule has 0 aromatic heterocycles. The van der Waals surface area contributed by atoms with Crippen LogP contribution in [0.5, 0.6) is 0 Å². The van der Waals surface area contributed by atoms with Gasteiger partial charge < -0.3 is 51.6 Å². The molecule has 1 aliphatic heterocycles. The van der Waals surface area contributed by atoms with Gasteiger partial charge in [0.1, 0.15) is 26.2 Å². The van der Waals surface area contributed by atoms with E-state index in [1.807, 2.05) is 0 Å². The van der Waals surface area contributed by atoms with Crippen LogP contribution in [0.3, 0.4) is 0 Å². The highest BCUT2D eigenvalue weighted by Gasteiger charge is 1.99. The molecule has 1 fully saturated rings. The number of unbranched alkanes of at least 4 members (excludes halogenated alkanes) is 8. The molecule has 0 saturated carbocycles. The number of carboxylic acids is 4. The molecule has 204 valence electrons. The molecule has 34 heavy (non-hydrogen) atoms. The van der Waals surface area contributed by atoms with Crippen molar-refractivity contribution in [3.8, 4) is 0 Å². The van der Waals surface area contributed by atoms with Gasteiger partial charge in [0.15, 0.2) is 0 Å². The van der Waals surface area contributed by atoms with Crippen molar-refractivity contribution in [3.63, 3.8) is 0 Å². The van der Waals surface area contributed by atoms with E-state index in [9.17, 15) is 29.4 Å². The summed E-state index contributed by atoms with van der Waals surface area (Å²) in [6.45, 7) is 5.28. The van der Waals surface area contributed by atoms with Crippen molar-refractivity contribution in [1.29, 1.82) is 0 Å². The van der Waals surface area contributed by atoms with Gasteiger partial charge in [-0.3, -0.25) is 9.59 Å². The summed E-state index contributed by atoms with van der Waals surface area (Å²) in [7, 11) is 0. The Morgan fingerprint density at radius 3 is 0.941 bits per heavy atom. The molecule has 0 aliphatic carbocycles. The topological polar surface area (TPSA) is 251 Å². The Balaban J connectivity index is -0.000000204. The third-order valence-corrected chi connectivity index (χ3v) is 4.69. The fourth-order valence-electron chi connectivity index (χ4n) is 2.91. The highest BCUT2D eigenvalue weighted by molar-refractivity contribution is 5.66. The van der Waals surface area contributed by atoms with Crippen molar-refractivity contribution in [2.24, 2.45) is 0 Å². The van der Waals surface area contributed by atoms with E-state index in [-0.39, 0.29) is 36.6 Å². The third kappa shape index (κ3) is 43.6. The van der Waals surface area contributed by atoms with Gasteiger partial charge in [-0.1, -0.05) is 38.5 Å². The Morgan fingerprint density at radius 1 is 0.500 bits per heavy atom. The number of carbonyl (C=O) groups excluding carboxylic acids is 2. The summed E-state index contributed by atoms with van der Waals surface area (Å²) in [5.41, 5.74) is 0. The lowest BCUT2D eigenvalue weighted by Gasteiger charge is -2.04. The molecule has 1 aliphatic rings. The number of hydrogen-bond donors (Lipinski definition) is 4. The van der Waals surface area contributed by atoms with E-state index in [1.165, 1.54) is 26.2 Å². The first-order valence-corrected chi connectivity index (χ1v) is 11.7. The molecule has 0 aromatic carbocycles. The fourth-order valence-corrected chi connectivity index (χ4v) is 2.91. The third-order valence-electron chi connectivity index (χ3n) is 4.69. The SMILES string of the molecule is C1C[NH2+]CC[NH2+]1.O.O.O=C([O-])CCCCCCCC(=O)O.O=C([O-])CCCCCCCC(=O)O. The first kappa shape index (κ1) is 39.0. The number of carbonyl (C=O) groups is 4. The van der Waals surface area contributed by atoms with Crippen LogP contribution in [0, 0.1) is 0 Å². The highest BCUT2D eigenvalue weighted by Crippen LogP contribution is 2.07.